The van der Waals surface area contributed by atoms with Crippen LogP contribution in [-0.2, 0) is 0 Å². The molecule has 0 atom stereocenters. The van der Waals surface area contributed by atoms with Crippen LogP contribution in [0.3, 0.4) is 0 Å². The fraction of sp³-hybridized carbons (Fsp3) is 0.214. The molecular formula is C14H13BrN2O. The van der Waals surface area contributed by atoms with Crippen molar-refractivity contribution in [3.05, 3.63) is 46.4 Å². The SMILES string of the molecule is O=C(NC1CNC1)c1ccc2cc(Br)ccc2c1. The monoisotopic (exact) mass is 304 g/mol. The third-order valence-corrected chi connectivity index (χ3v) is 3.67. The highest BCUT2D eigenvalue weighted by Crippen LogP contribution is 2.21. The lowest BCUT2D eigenvalue weighted by Crippen LogP contribution is -2.56. The number of benzene rings is 2. The molecule has 2 aromatic rings. The number of hydrogen-bond acceptors (Lipinski definition) is 2. The molecule has 0 aromatic heterocycles. The minimum Gasteiger partial charge on any atom is -0.347 e. The van der Waals surface area contributed by atoms with Gasteiger partial charge < -0.3 is 10.6 Å². The van der Waals surface area contributed by atoms with Gasteiger partial charge in [0.05, 0.1) is 6.04 Å². The van der Waals surface area contributed by atoms with Gasteiger partial charge in [-0.1, -0.05) is 28.1 Å². The number of rotatable bonds is 2. The Morgan fingerprint density at radius 1 is 1.17 bits per heavy atom. The second-order valence-corrected chi connectivity index (χ2v) is 5.45. The molecule has 0 unspecified atom stereocenters. The Labute approximate surface area is 114 Å². The summed E-state index contributed by atoms with van der Waals surface area (Å²) in [5.41, 5.74) is 0.719. The molecule has 3 rings (SSSR count). The second-order valence-electron chi connectivity index (χ2n) is 4.53. The summed E-state index contributed by atoms with van der Waals surface area (Å²) in [6.45, 7) is 1.73. The van der Waals surface area contributed by atoms with Gasteiger partial charge in [0.15, 0.2) is 0 Å². The lowest BCUT2D eigenvalue weighted by molar-refractivity contribution is 0.0924. The van der Waals surface area contributed by atoms with Crippen LogP contribution in [0.15, 0.2) is 40.9 Å². The van der Waals surface area contributed by atoms with Crippen LogP contribution in [0.25, 0.3) is 10.8 Å². The molecule has 0 saturated carbocycles. The van der Waals surface area contributed by atoms with E-state index in [2.05, 4.69) is 26.6 Å². The van der Waals surface area contributed by atoms with Gasteiger partial charge in [-0.25, -0.2) is 0 Å². The average molecular weight is 305 g/mol. The normalized spacial score (nSPS) is 15.4. The fourth-order valence-corrected chi connectivity index (χ4v) is 2.40. The summed E-state index contributed by atoms with van der Waals surface area (Å²) in [6, 6.07) is 12.1. The number of fused-ring (bicyclic) bond motifs is 1. The number of carbonyl (C=O) groups is 1. The van der Waals surface area contributed by atoms with Gasteiger partial charge >= 0.3 is 0 Å². The molecule has 1 amide bonds. The third kappa shape index (κ3) is 2.26. The lowest BCUT2D eigenvalue weighted by atomic mass is 10.1. The van der Waals surface area contributed by atoms with Crippen LogP contribution in [0.2, 0.25) is 0 Å². The largest absolute Gasteiger partial charge is 0.347 e. The van der Waals surface area contributed by atoms with Crippen molar-refractivity contribution in [3.8, 4) is 0 Å². The first-order valence-electron chi connectivity index (χ1n) is 5.93. The maximum Gasteiger partial charge on any atom is 0.251 e. The Bertz CT molecular complexity index is 608. The Balaban J connectivity index is 1.87. The standard InChI is InChI=1S/C14H13BrN2O/c15-12-4-3-9-5-11(2-1-10(9)6-12)14(18)17-13-7-16-8-13/h1-6,13,16H,7-8H2,(H,17,18). The van der Waals surface area contributed by atoms with Crippen LogP contribution in [0, 0.1) is 0 Å². The highest BCUT2D eigenvalue weighted by molar-refractivity contribution is 9.10. The summed E-state index contributed by atoms with van der Waals surface area (Å²) < 4.78 is 1.05. The predicted octanol–water partition coefficient (Wildman–Crippen LogP) is 2.30. The van der Waals surface area contributed by atoms with E-state index in [4.69, 9.17) is 0 Å². The summed E-state index contributed by atoms with van der Waals surface area (Å²) >= 11 is 3.44. The van der Waals surface area contributed by atoms with Gasteiger partial charge in [-0.3, -0.25) is 4.79 Å². The smallest absolute Gasteiger partial charge is 0.251 e. The molecule has 2 N–H and O–H groups in total. The van der Waals surface area contributed by atoms with E-state index in [1.165, 1.54) is 0 Å². The second kappa shape index (κ2) is 4.71. The molecule has 4 heteroatoms. The van der Waals surface area contributed by atoms with E-state index in [0.717, 1.165) is 33.9 Å². The minimum absolute atomic E-state index is 0.00585. The summed E-state index contributed by atoms with van der Waals surface area (Å²) in [4.78, 5) is 12.0. The zero-order valence-electron chi connectivity index (χ0n) is 9.74. The number of hydrogen-bond donors (Lipinski definition) is 2. The fourth-order valence-electron chi connectivity index (χ4n) is 2.02. The van der Waals surface area contributed by atoms with E-state index in [1.54, 1.807) is 0 Å². The van der Waals surface area contributed by atoms with E-state index < -0.39 is 0 Å². The first-order chi connectivity index (χ1) is 8.72. The van der Waals surface area contributed by atoms with Crippen LogP contribution in [0.4, 0.5) is 0 Å². The van der Waals surface area contributed by atoms with Gasteiger partial charge in [0.2, 0.25) is 0 Å². The summed E-state index contributed by atoms with van der Waals surface area (Å²) in [5, 5.41) is 8.34. The Kier molecular flexibility index (Phi) is 3.06. The summed E-state index contributed by atoms with van der Waals surface area (Å²) in [7, 11) is 0. The van der Waals surface area contributed by atoms with Crippen molar-refractivity contribution in [2.75, 3.05) is 13.1 Å². The van der Waals surface area contributed by atoms with Gasteiger partial charge in [-0.2, -0.15) is 0 Å². The van der Waals surface area contributed by atoms with Crippen molar-refractivity contribution < 1.29 is 4.79 Å². The molecule has 2 aromatic carbocycles. The maximum absolute atomic E-state index is 12.0. The Morgan fingerprint density at radius 2 is 1.89 bits per heavy atom. The van der Waals surface area contributed by atoms with E-state index in [1.807, 2.05) is 36.4 Å². The highest BCUT2D eigenvalue weighted by atomic mass is 79.9. The number of halogens is 1. The first-order valence-corrected chi connectivity index (χ1v) is 6.72. The maximum atomic E-state index is 12.0. The summed E-state index contributed by atoms with van der Waals surface area (Å²) in [6.07, 6.45) is 0. The van der Waals surface area contributed by atoms with Gasteiger partial charge in [-0.15, -0.1) is 0 Å². The third-order valence-electron chi connectivity index (χ3n) is 3.18. The molecule has 1 aliphatic rings. The van der Waals surface area contributed by atoms with Crippen LogP contribution >= 0.6 is 15.9 Å². The van der Waals surface area contributed by atoms with Gasteiger partial charge in [0.1, 0.15) is 0 Å². The van der Waals surface area contributed by atoms with Gasteiger partial charge in [-0.05, 0) is 35.0 Å². The molecule has 92 valence electrons. The van der Waals surface area contributed by atoms with Gasteiger partial charge in [0.25, 0.3) is 5.91 Å². The van der Waals surface area contributed by atoms with E-state index in [0.29, 0.717) is 0 Å². The quantitative estimate of drug-likeness (QED) is 0.894. The molecule has 0 spiro atoms. The van der Waals surface area contributed by atoms with Crippen molar-refractivity contribution in [2.45, 2.75) is 6.04 Å². The van der Waals surface area contributed by atoms with Gasteiger partial charge in [0, 0.05) is 23.1 Å². The molecule has 1 fully saturated rings. The van der Waals surface area contributed by atoms with Crippen LogP contribution in [0.1, 0.15) is 10.4 Å². The molecule has 0 bridgehead atoms. The molecule has 18 heavy (non-hydrogen) atoms. The molecular weight excluding hydrogens is 292 g/mol. The molecule has 0 radical (unpaired) electrons. The van der Waals surface area contributed by atoms with E-state index in [-0.39, 0.29) is 11.9 Å². The molecule has 0 aliphatic carbocycles. The topological polar surface area (TPSA) is 41.1 Å². The van der Waals surface area contributed by atoms with Crippen molar-refractivity contribution in [1.29, 1.82) is 0 Å². The number of nitrogens with one attached hydrogen (secondary N) is 2. The Morgan fingerprint density at radius 3 is 2.61 bits per heavy atom. The minimum atomic E-state index is 0.00585. The predicted molar refractivity (Wildman–Crippen MR) is 75.8 cm³/mol. The number of amides is 1. The highest BCUT2D eigenvalue weighted by Gasteiger charge is 2.19. The van der Waals surface area contributed by atoms with Crippen LogP contribution < -0.4 is 10.6 Å². The summed E-state index contributed by atoms with van der Waals surface area (Å²) in [5.74, 6) is 0.00585. The zero-order chi connectivity index (χ0) is 12.5. The average Bonchev–Trinajstić information content (AvgIpc) is 2.33. The first kappa shape index (κ1) is 11.7. The molecule has 1 aliphatic heterocycles. The lowest BCUT2D eigenvalue weighted by Gasteiger charge is -2.27. The van der Waals surface area contributed by atoms with Crippen molar-refractivity contribution in [2.24, 2.45) is 0 Å². The molecule has 1 heterocycles. The van der Waals surface area contributed by atoms with Crippen molar-refractivity contribution in [1.82, 2.24) is 10.6 Å². The van der Waals surface area contributed by atoms with E-state index >= 15 is 0 Å². The molecule has 1 saturated heterocycles. The van der Waals surface area contributed by atoms with Crippen LogP contribution in [0.5, 0.6) is 0 Å². The Hall–Kier alpha value is -1.39. The van der Waals surface area contributed by atoms with Crippen molar-refractivity contribution in [3.63, 3.8) is 0 Å². The zero-order valence-corrected chi connectivity index (χ0v) is 11.3. The van der Waals surface area contributed by atoms with Crippen molar-refractivity contribution >= 4 is 32.6 Å². The van der Waals surface area contributed by atoms with E-state index in [9.17, 15) is 4.79 Å². The number of carbonyl (C=O) groups excluding carboxylic acids is 1. The molecule has 3 nitrogen and oxygen atoms in total. The van der Waals surface area contributed by atoms with Crippen LogP contribution in [-0.4, -0.2) is 25.0 Å².